The molecule has 0 unspecified atom stereocenters. The lowest BCUT2D eigenvalue weighted by Gasteiger charge is -2.55. The molecule has 0 aliphatic heterocycles. The highest BCUT2D eigenvalue weighted by Gasteiger charge is 2.53. The summed E-state index contributed by atoms with van der Waals surface area (Å²) in [5, 5.41) is 0.775. The number of ketones is 1. The van der Waals surface area contributed by atoms with Gasteiger partial charge in [0.05, 0.1) is 0 Å². The fourth-order valence-corrected chi connectivity index (χ4v) is 6.56. The molecule has 4 aliphatic carbocycles. The quantitative estimate of drug-likeness (QED) is 0.472. The number of hydrogen-bond acceptors (Lipinski definition) is 3. The summed E-state index contributed by atoms with van der Waals surface area (Å²) in [4.78, 5) is 13.1. The van der Waals surface area contributed by atoms with E-state index in [1.165, 1.54) is 19.3 Å². The Kier molecular flexibility index (Phi) is 5.05. The second kappa shape index (κ2) is 7.60. The Balaban J connectivity index is 1.22. The number of allylic oxidation sites excluding steroid dienone is 1. The minimum Gasteiger partial charge on any atom is -0.486 e. The smallest absolute Gasteiger partial charge is 0.161 e. The average molecular weight is 425 g/mol. The van der Waals surface area contributed by atoms with Crippen LogP contribution in [0.3, 0.4) is 0 Å². The van der Waals surface area contributed by atoms with Crippen LogP contribution in [0.25, 0.3) is 6.08 Å². The number of ether oxygens (including phenoxy) is 1. The van der Waals surface area contributed by atoms with Gasteiger partial charge in [0.25, 0.3) is 0 Å². The minimum absolute atomic E-state index is 0.0892. The van der Waals surface area contributed by atoms with E-state index in [0.717, 1.165) is 64.7 Å². The van der Waals surface area contributed by atoms with Crippen molar-refractivity contribution in [3.63, 3.8) is 0 Å². The molecule has 4 saturated carbocycles. The SMILES string of the molecule is Cc1cc(OCc2ccc(/C=C/C(=O)C34CC5CC(CC(C5)C3)C4)o2)cc(C)c1Cl. The number of rotatable bonds is 6. The van der Waals surface area contributed by atoms with Crippen LogP contribution in [0.5, 0.6) is 5.75 Å². The third-order valence-corrected chi connectivity index (χ3v) is 8.03. The molecule has 1 aromatic carbocycles. The van der Waals surface area contributed by atoms with E-state index in [9.17, 15) is 4.79 Å². The van der Waals surface area contributed by atoms with Crippen molar-refractivity contribution in [1.29, 1.82) is 0 Å². The number of carbonyl (C=O) groups excluding carboxylic acids is 1. The van der Waals surface area contributed by atoms with Gasteiger partial charge in [-0.2, -0.15) is 0 Å². The van der Waals surface area contributed by atoms with E-state index >= 15 is 0 Å². The fraction of sp³-hybridized carbons (Fsp3) is 0.500. The molecular formula is C26H29ClO3. The highest BCUT2D eigenvalue weighted by Crippen LogP contribution is 2.60. The van der Waals surface area contributed by atoms with E-state index in [0.29, 0.717) is 18.2 Å². The summed E-state index contributed by atoms with van der Waals surface area (Å²) in [6.07, 6.45) is 10.9. The molecule has 158 valence electrons. The molecule has 3 nitrogen and oxygen atoms in total. The van der Waals surface area contributed by atoms with Crippen LogP contribution < -0.4 is 4.74 Å². The standard InChI is InChI=1S/C26H29ClO3/c1-16-7-23(8-17(2)25(16)27)29-15-22-4-3-21(30-22)5-6-24(28)26-12-18-9-19(13-26)11-20(10-18)14-26/h3-8,18-20H,9-15H2,1-2H3/b6-5+. The van der Waals surface area contributed by atoms with Crippen molar-refractivity contribution >= 4 is 23.5 Å². The first-order valence-electron chi connectivity index (χ1n) is 11.1. The predicted octanol–water partition coefficient (Wildman–Crippen LogP) is 6.93. The van der Waals surface area contributed by atoms with Crippen molar-refractivity contribution in [2.24, 2.45) is 23.2 Å². The van der Waals surface area contributed by atoms with Crippen molar-refractivity contribution in [2.75, 3.05) is 0 Å². The van der Waals surface area contributed by atoms with Gasteiger partial charge in [-0.15, -0.1) is 0 Å². The monoisotopic (exact) mass is 424 g/mol. The maximum Gasteiger partial charge on any atom is 0.161 e. The summed E-state index contributed by atoms with van der Waals surface area (Å²) < 4.78 is 11.7. The molecule has 4 bridgehead atoms. The molecule has 0 radical (unpaired) electrons. The van der Waals surface area contributed by atoms with Crippen molar-refractivity contribution in [1.82, 2.24) is 0 Å². The molecule has 4 heteroatoms. The Bertz CT molecular complexity index is 941. The zero-order valence-corrected chi connectivity index (χ0v) is 18.5. The Morgan fingerprint density at radius 1 is 1.10 bits per heavy atom. The molecule has 1 aromatic heterocycles. The van der Waals surface area contributed by atoms with Gasteiger partial charge in [-0.1, -0.05) is 11.6 Å². The number of aryl methyl sites for hydroxylation is 2. The lowest BCUT2D eigenvalue weighted by Crippen LogP contribution is -2.49. The molecule has 6 rings (SSSR count). The van der Waals surface area contributed by atoms with Gasteiger partial charge in [0, 0.05) is 10.4 Å². The highest BCUT2D eigenvalue weighted by molar-refractivity contribution is 6.32. The molecular weight excluding hydrogens is 396 g/mol. The van der Waals surface area contributed by atoms with Gasteiger partial charge in [0.2, 0.25) is 0 Å². The van der Waals surface area contributed by atoms with Crippen LogP contribution in [-0.2, 0) is 11.4 Å². The molecule has 0 N–H and O–H groups in total. The number of benzene rings is 1. The van der Waals surface area contributed by atoms with E-state index in [-0.39, 0.29) is 5.41 Å². The highest BCUT2D eigenvalue weighted by atomic mass is 35.5. The van der Waals surface area contributed by atoms with Gasteiger partial charge in [-0.3, -0.25) is 4.79 Å². The lowest BCUT2D eigenvalue weighted by molar-refractivity contribution is -0.138. The number of carbonyl (C=O) groups is 1. The minimum atomic E-state index is -0.0892. The second-order valence-corrected chi connectivity index (χ2v) is 10.2. The topological polar surface area (TPSA) is 39.4 Å². The van der Waals surface area contributed by atoms with Crippen LogP contribution in [0.15, 0.2) is 34.8 Å². The van der Waals surface area contributed by atoms with E-state index in [4.69, 9.17) is 20.8 Å². The van der Waals surface area contributed by atoms with Crippen molar-refractivity contribution in [3.8, 4) is 5.75 Å². The van der Waals surface area contributed by atoms with Crippen LogP contribution in [-0.4, -0.2) is 5.78 Å². The predicted molar refractivity (Wildman–Crippen MR) is 119 cm³/mol. The Morgan fingerprint density at radius 2 is 1.70 bits per heavy atom. The zero-order valence-electron chi connectivity index (χ0n) is 17.7. The van der Waals surface area contributed by atoms with Crippen LogP contribution in [0.1, 0.15) is 61.2 Å². The maximum absolute atomic E-state index is 13.1. The van der Waals surface area contributed by atoms with Crippen molar-refractivity contribution in [2.45, 2.75) is 59.0 Å². The van der Waals surface area contributed by atoms with Crippen LogP contribution in [0, 0.1) is 37.0 Å². The van der Waals surface area contributed by atoms with Gasteiger partial charge in [-0.25, -0.2) is 0 Å². The van der Waals surface area contributed by atoms with E-state index in [1.54, 1.807) is 6.08 Å². The average Bonchev–Trinajstić information content (AvgIpc) is 3.15. The summed E-state index contributed by atoms with van der Waals surface area (Å²) in [6, 6.07) is 7.68. The summed E-state index contributed by atoms with van der Waals surface area (Å²) in [6.45, 7) is 4.29. The Morgan fingerprint density at radius 3 is 2.30 bits per heavy atom. The molecule has 30 heavy (non-hydrogen) atoms. The van der Waals surface area contributed by atoms with Crippen LogP contribution in [0.4, 0.5) is 0 Å². The van der Waals surface area contributed by atoms with Crippen LogP contribution >= 0.6 is 11.6 Å². The Hall–Kier alpha value is -2.00. The number of furan rings is 1. The van der Waals surface area contributed by atoms with Crippen LogP contribution in [0.2, 0.25) is 5.02 Å². The molecule has 0 spiro atoms. The van der Waals surface area contributed by atoms with Gasteiger partial charge >= 0.3 is 0 Å². The molecule has 0 atom stereocenters. The molecule has 4 fully saturated rings. The molecule has 4 aliphatic rings. The first kappa shape index (κ1) is 19.9. The summed E-state index contributed by atoms with van der Waals surface area (Å²) in [7, 11) is 0. The van der Waals surface area contributed by atoms with Gasteiger partial charge in [-0.05, 0) is 118 Å². The normalized spacial score (nSPS) is 29.6. The zero-order chi connectivity index (χ0) is 20.9. The van der Waals surface area contributed by atoms with Gasteiger partial charge in [0.15, 0.2) is 5.78 Å². The summed E-state index contributed by atoms with van der Waals surface area (Å²) in [5.41, 5.74) is 1.91. The molecule has 1 heterocycles. The van der Waals surface area contributed by atoms with E-state index < -0.39 is 0 Å². The maximum atomic E-state index is 13.1. The largest absolute Gasteiger partial charge is 0.486 e. The van der Waals surface area contributed by atoms with E-state index in [1.807, 2.05) is 44.2 Å². The van der Waals surface area contributed by atoms with Gasteiger partial charge < -0.3 is 9.15 Å². The lowest BCUT2D eigenvalue weighted by atomic mass is 9.48. The van der Waals surface area contributed by atoms with Crippen molar-refractivity contribution in [3.05, 3.63) is 58.0 Å². The third-order valence-electron chi connectivity index (χ3n) is 7.43. The van der Waals surface area contributed by atoms with Crippen molar-refractivity contribution < 1.29 is 13.9 Å². The Labute approximate surface area is 183 Å². The van der Waals surface area contributed by atoms with Gasteiger partial charge in [0.1, 0.15) is 23.9 Å². The first-order valence-corrected chi connectivity index (χ1v) is 11.5. The van der Waals surface area contributed by atoms with E-state index in [2.05, 4.69) is 0 Å². The molecule has 2 aromatic rings. The fourth-order valence-electron chi connectivity index (χ4n) is 6.45. The molecule has 0 saturated heterocycles. The summed E-state index contributed by atoms with van der Waals surface area (Å²) in [5.74, 6) is 4.86. The number of halogens is 1. The third kappa shape index (κ3) is 3.73. The first-order chi connectivity index (χ1) is 14.4. The molecule has 0 amide bonds. The number of hydrogen-bond donors (Lipinski definition) is 0. The summed E-state index contributed by atoms with van der Waals surface area (Å²) >= 11 is 6.22. The second-order valence-electron chi connectivity index (χ2n) is 9.86.